The highest BCUT2D eigenvalue weighted by atomic mass is 35.5. The van der Waals surface area contributed by atoms with Crippen molar-refractivity contribution in [1.82, 2.24) is 4.98 Å². The van der Waals surface area contributed by atoms with Gasteiger partial charge in [-0.3, -0.25) is 0 Å². The van der Waals surface area contributed by atoms with E-state index in [1.807, 2.05) is 6.92 Å². The molecule has 0 saturated heterocycles. The second-order valence-electron chi connectivity index (χ2n) is 4.85. The van der Waals surface area contributed by atoms with Gasteiger partial charge in [0, 0.05) is 6.20 Å². The number of hydrogen-bond donors (Lipinski definition) is 0. The lowest BCUT2D eigenvalue weighted by Gasteiger charge is -2.18. The maximum atomic E-state index is 14.1. The van der Waals surface area contributed by atoms with Crippen molar-refractivity contribution in [3.8, 4) is 0 Å². The number of halogens is 2. The van der Waals surface area contributed by atoms with E-state index in [1.54, 1.807) is 12.1 Å². The molecule has 1 aromatic carbocycles. The zero-order valence-corrected chi connectivity index (χ0v) is 12.7. The number of aryl methyl sites for hydroxylation is 1. The number of anilines is 1. The summed E-state index contributed by atoms with van der Waals surface area (Å²) < 4.78 is 40.4. The molecular weight excluding hydrogens is 315 g/mol. The Bertz CT molecular complexity index is 793. The summed E-state index contributed by atoms with van der Waals surface area (Å²) in [6.45, 7) is 1.56. The van der Waals surface area contributed by atoms with Gasteiger partial charge in [0.1, 0.15) is 12.0 Å². The number of aromatic nitrogens is 1. The highest BCUT2D eigenvalue weighted by molar-refractivity contribution is 7.92. The average molecular weight is 327 g/mol. The summed E-state index contributed by atoms with van der Waals surface area (Å²) in [6, 6.07) is 7.85. The average Bonchev–Trinajstić information content (AvgIpc) is 2.79. The SMILES string of the molecule is Cc1ccc(S(=O)(=O)N2CC(F)c3c(Cl)ccnc32)cc1. The van der Waals surface area contributed by atoms with Crippen molar-refractivity contribution in [3.05, 3.63) is 52.7 Å². The standard InChI is InChI=1S/C14H12ClFN2O2S/c1-9-2-4-10(5-3-9)21(19,20)18-8-12(16)13-11(15)6-7-17-14(13)18/h2-7,12H,8H2,1H3. The smallest absolute Gasteiger partial charge is 0.246 e. The molecule has 0 bridgehead atoms. The molecule has 1 aromatic heterocycles. The highest BCUT2D eigenvalue weighted by Crippen LogP contribution is 2.42. The Balaban J connectivity index is 2.11. The van der Waals surface area contributed by atoms with Crippen LogP contribution in [-0.4, -0.2) is 19.9 Å². The van der Waals surface area contributed by atoms with Gasteiger partial charge in [-0.05, 0) is 25.1 Å². The lowest BCUT2D eigenvalue weighted by molar-refractivity contribution is 0.368. The van der Waals surface area contributed by atoms with Crippen molar-refractivity contribution in [2.75, 3.05) is 10.8 Å². The molecule has 0 fully saturated rings. The van der Waals surface area contributed by atoms with E-state index < -0.39 is 16.2 Å². The number of pyridine rings is 1. The van der Waals surface area contributed by atoms with Gasteiger partial charge in [0.05, 0.1) is 22.0 Å². The number of alkyl halides is 1. The van der Waals surface area contributed by atoms with E-state index in [0.717, 1.165) is 9.87 Å². The second-order valence-corrected chi connectivity index (χ2v) is 7.12. The topological polar surface area (TPSA) is 50.3 Å². The maximum absolute atomic E-state index is 14.1. The van der Waals surface area contributed by atoms with Crippen LogP contribution in [0, 0.1) is 6.92 Å². The summed E-state index contributed by atoms with van der Waals surface area (Å²) in [5, 5.41) is 0.189. The first-order valence-corrected chi connectivity index (χ1v) is 8.11. The Labute approximate surface area is 127 Å². The van der Waals surface area contributed by atoms with Crippen molar-refractivity contribution >= 4 is 27.4 Å². The lowest BCUT2D eigenvalue weighted by atomic mass is 10.2. The first-order chi connectivity index (χ1) is 9.91. The molecule has 1 aliphatic heterocycles. The molecule has 0 N–H and O–H groups in total. The van der Waals surface area contributed by atoms with Crippen molar-refractivity contribution in [2.45, 2.75) is 18.0 Å². The van der Waals surface area contributed by atoms with Gasteiger partial charge in [-0.1, -0.05) is 29.3 Å². The first kappa shape index (κ1) is 14.3. The molecule has 0 aliphatic carbocycles. The fourth-order valence-electron chi connectivity index (χ4n) is 2.30. The van der Waals surface area contributed by atoms with Gasteiger partial charge in [0.15, 0.2) is 0 Å². The molecule has 0 amide bonds. The quantitative estimate of drug-likeness (QED) is 0.851. The number of rotatable bonds is 2. The Kier molecular flexibility index (Phi) is 3.37. The van der Waals surface area contributed by atoms with Crippen molar-refractivity contribution in [1.29, 1.82) is 0 Å². The zero-order valence-electron chi connectivity index (χ0n) is 11.1. The number of sulfonamides is 1. The van der Waals surface area contributed by atoms with Crippen LogP contribution in [0.2, 0.25) is 5.02 Å². The van der Waals surface area contributed by atoms with Crippen LogP contribution >= 0.6 is 11.6 Å². The van der Waals surface area contributed by atoms with Crippen LogP contribution in [0.3, 0.4) is 0 Å². The molecule has 1 atom stereocenters. The molecule has 0 spiro atoms. The van der Waals surface area contributed by atoms with Gasteiger partial charge < -0.3 is 0 Å². The van der Waals surface area contributed by atoms with Crippen molar-refractivity contribution < 1.29 is 12.8 Å². The summed E-state index contributed by atoms with van der Waals surface area (Å²) >= 11 is 5.95. The van der Waals surface area contributed by atoms with E-state index in [9.17, 15) is 12.8 Å². The third-order valence-corrected chi connectivity index (χ3v) is 5.50. The van der Waals surface area contributed by atoms with Crippen molar-refractivity contribution in [3.63, 3.8) is 0 Å². The van der Waals surface area contributed by atoms with E-state index in [4.69, 9.17) is 11.6 Å². The van der Waals surface area contributed by atoms with Crippen LogP contribution in [-0.2, 0) is 10.0 Å². The van der Waals surface area contributed by atoms with Gasteiger partial charge in [-0.15, -0.1) is 0 Å². The van der Waals surface area contributed by atoms with Crippen LogP contribution in [0.25, 0.3) is 0 Å². The largest absolute Gasteiger partial charge is 0.265 e. The number of hydrogen-bond acceptors (Lipinski definition) is 3. The van der Waals surface area contributed by atoms with Crippen molar-refractivity contribution in [2.24, 2.45) is 0 Å². The third-order valence-electron chi connectivity index (χ3n) is 3.40. The fraction of sp³-hybridized carbons (Fsp3) is 0.214. The summed E-state index contributed by atoms with van der Waals surface area (Å²) in [5.74, 6) is 0.0653. The van der Waals surface area contributed by atoms with E-state index >= 15 is 0 Å². The summed E-state index contributed by atoms with van der Waals surface area (Å²) in [6.07, 6.45) is -0.0990. The third kappa shape index (κ3) is 2.28. The minimum atomic E-state index is -3.85. The normalized spacial score (nSPS) is 17.9. The van der Waals surface area contributed by atoms with Crippen LogP contribution in [0.5, 0.6) is 0 Å². The molecule has 21 heavy (non-hydrogen) atoms. The van der Waals surface area contributed by atoms with Gasteiger partial charge in [0.2, 0.25) is 0 Å². The number of benzene rings is 1. The van der Waals surface area contributed by atoms with Crippen LogP contribution in [0.15, 0.2) is 41.4 Å². The minimum Gasteiger partial charge on any atom is -0.246 e. The first-order valence-electron chi connectivity index (χ1n) is 6.29. The molecule has 110 valence electrons. The molecule has 1 aliphatic rings. The Morgan fingerprint density at radius 3 is 2.62 bits per heavy atom. The number of fused-ring (bicyclic) bond motifs is 1. The molecule has 7 heteroatoms. The maximum Gasteiger partial charge on any atom is 0.265 e. The predicted molar refractivity (Wildman–Crippen MR) is 78.8 cm³/mol. The van der Waals surface area contributed by atoms with E-state index in [1.165, 1.54) is 24.4 Å². The molecule has 0 saturated carbocycles. The van der Waals surface area contributed by atoms with Crippen LogP contribution in [0.1, 0.15) is 17.3 Å². The van der Waals surface area contributed by atoms with E-state index in [2.05, 4.69) is 4.98 Å². The summed E-state index contributed by atoms with van der Waals surface area (Å²) in [7, 11) is -3.85. The Morgan fingerprint density at radius 1 is 1.29 bits per heavy atom. The predicted octanol–water partition coefficient (Wildman–Crippen LogP) is 3.26. The summed E-state index contributed by atoms with van der Waals surface area (Å²) in [4.78, 5) is 4.09. The molecule has 0 radical (unpaired) electrons. The fourth-order valence-corrected chi connectivity index (χ4v) is 3.99. The number of nitrogens with zero attached hydrogens (tertiary/aromatic N) is 2. The molecule has 1 unspecified atom stereocenters. The molecule has 2 heterocycles. The Hall–Kier alpha value is -1.66. The molecule has 4 nitrogen and oxygen atoms in total. The van der Waals surface area contributed by atoms with Crippen LogP contribution < -0.4 is 4.31 Å². The van der Waals surface area contributed by atoms with Gasteiger partial charge in [-0.25, -0.2) is 22.1 Å². The van der Waals surface area contributed by atoms with E-state index in [-0.39, 0.29) is 27.8 Å². The minimum absolute atomic E-state index is 0.0653. The Morgan fingerprint density at radius 2 is 1.95 bits per heavy atom. The van der Waals surface area contributed by atoms with Gasteiger partial charge >= 0.3 is 0 Å². The van der Waals surface area contributed by atoms with Gasteiger partial charge in [0.25, 0.3) is 10.0 Å². The second kappa shape index (κ2) is 4.96. The van der Waals surface area contributed by atoms with E-state index in [0.29, 0.717) is 0 Å². The zero-order chi connectivity index (χ0) is 15.2. The lowest BCUT2D eigenvalue weighted by Crippen LogP contribution is -2.30. The van der Waals surface area contributed by atoms with Crippen LogP contribution in [0.4, 0.5) is 10.2 Å². The molecule has 3 rings (SSSR count). The monoisotopic (exact) mass is 326 g/mol. The molecule has 2 aromatic rings. The summed E-state index contributed by atoms with van der Waals surface area (Å²) in [5.41, 5.74) is 1.08. The van der Waals surface area contributed by atoms with Gasteiger partial charge in [-0.2, -0.15) is 0 Å². The highest BCUT2D eigenvalue weighted by Gasteiger charge is 2.39. The molecular formula is C14H12ClFN2O2S.